The molecular formula is C19H19IN4O2S. The van der Waals surface area contributed by atoms with Gasteiger partial charge in [0.25, 0.3) is 0 Å². The van der Waals surface area contributed by atoms with Crippen LogP contribution in [0.1, 0.15) is 6.92 Å². The molecule has 1 heterocycles. The van der Waals surface area contributed by atoms with Gasteiger partial charge in [-0.3, -0.25) is 4.79 Å². The van der Waals surface area contributed by atoms with Crippen molar-refractivity contribution in [1.82, 2.24) is 14.8 Å². The van der Waals surface area contributed by atoms with Crippen LogP contribution in [0.5, 0.6) is 5.75 Å². The Morgan fingerprint density at radius 1 is 1.19 bits per heavy atom. The van der Waals surface area contributed by atoms with E-state index in [1.807, 2.05) is 60.0 Å². The minimum atomic E-state index is -0.0754. The topological polar surface area (TPSA) is 69.0 Å². The molecule has 1 amide bonds. The van der Waals surface area contributed by atoms with Gasteiger partial charge >= 0.3 is 0 Å². The van der Waals surface area contributed by atoms with E-state index in [0.29, 0.717) is 11.7 Å². The summed E-state index contributed by atoms with van der Waals surface area (Å²) in [6, 6.07) is 15.4. The van der Waals surface area contributed by atoms with Gasteiger partial charge in [0.2, 0.25) is 5.91 Å². The van der Waals surface area contributed by atoms with Crippen LogP contribution in [0.4, 0.5) is 5.69 Å². The van der Waals surface area contributed by atoms with Crippen LogP contribution in [-0.4, -0.2) is 33.5 Å². The third kappa shape index (κ3) is 4.62. The molecule has 1 N–H and O–H groups in total. The number of hydrogen-bond acceptors (Lipinski definition) is 5. The molecule has 8 heteroatoms. The summed E-state index contributed by atoms with van der Waals surface area (Å²) in [4.78, 5) is 12.3. The Kier molecular flexibility index (Phi) is 6.73. The van der Waals surface area contributed by atoms with Crippen LogP contribution >= 0.6 is 34.4 Å². The summed E-state index contributed by atoms with van der Waals surface area (Å²) >= 11 is 3.57. The molecular weight excluding hydrogens is 475 g/mol. The molecule has 0 aliphatic heterocycles. The quantitative estimate of drug-likeness (QED) is 0.392. The second-order valence-corrected chi connectivity index (χ2v) is 7.67. The van der Waals surface area contributed by atoms with Crippen molar-refractivity contribution >= 4 is 45.9 Å². The minimum Gasteiger partial charge on any atom is -0.496 e. The van der Waals surface area contributed by atoms with Gasteiger partial charge in [0.15, 0.2) is 11.0 Å². The number of thioether (sulfide) groups is 1. The molecule has 0 radical (unpaired) electrons. The number of carbonyl (C=O) groups excluding carboxylic acids is 1. The summed E-state index contributed by atoms with van der Waals surface area (Å²) < 4.78 is 8.42. The first kappa shape index (κ1) is 19.7. The van der Waals surface area contributed by atoms with Gasteiger partial charge in [-0.1, -0.05) is 36.0 Å². The van der Waals surface area contributed by atoms with Gasteiger partial charge in [-0.05, 0) is 53.8 Å². The predicted octanol–water partition coefficient (Wildman–Crippen LogP) is 4.31. The Morgan fingerprint density at radius 3 is 2.67 bits per heavy atom. The molecule has 2 aromatic carbocycles. The van der Waals surface area contributed by atoms with E-state index in [-0.39, 0.29) is 11.7 Å². The molecule has 6 nitrogen and oxygen atoms in total. The number of benzene rings is 2. The minimum absolute atomic E-state index is 0.0754. The number of anilines is 1. The highest BCUT2D eigenvalue weighted by atomic mass is 127. The van der Waals surface area contributed by atoms with Crippen molar-refractivity contribution in [3.8, 4) is 17.1 Å². The molecule has 0 saturated carbocycles. The average Bonchev–Trinajstić information content (AvgIpc) is 3.10. The number of amides is 1. The van der Waals surface area contributed by atoms with Crippen molar-refractivity contribution in [3.63, 3.8) is 0 Å². The molecule has 0 aliphatic rings. The lowest BCUT2D eigenvalue weighted by atomic mass is 10.2. The van der Waals surface area contributed by atoms with Crippen LogP contribution in [0.3, 0.4) is 0 Å². The highest BCUT2D eigenvalue weighted by Gasteiger charge is 2.17. The summed E-state index contributed by atoms with van der Waals surface area (Å²) in [5.41, 5.74) is 1.69. The second kappa shape index (κ2) is 9.23. The Labute approximate surface area is 175 Å². The first-order chi connectivity index (χ1) is 13.1. The number of para-hydroxylation sites is 2. The largest absolute Gasteiger partial charge is 0.496 e. The lowest BCUT2D eigenvalue weighted by molar-refractivity contribution is -0.113. The van der Waals surface area contributed by atoms with E-state index in [9.17, 15) is 4.79 Å². The van der Waals surface area contributed by atoms with Crippen molar-refractivity contribution in [2.45, 2.75) is 18.6 Å². The molecule has 3 rings (SSSR count). The highest BCUT2D eigenvalue weighted by molar-refractivity contribution is 14.1. The zero-order valence-corrected chi connectivity index (χ0v) is 18.0. The fraction of sp³-hybridized carbons (Fsp3) is 0.211. The Morgan fingerprint density at radius 2 is 1.93 bits per heavy atom. The normalized spacial score (nSPS) is 10.6. The van der Waals surface area contributed by atoms with Crippen molar-refractivity contribution in [2.24, 2.45) is 0 Å². The van der Waals surface area contributed by atoms with Crippen molar-refractivity contribution in [2.75, 3.05) is 18.2 Å². The number of rotatable bonds is 7. The van der Waals surface area contributed by atoms with E-state index in [2.05, 4.69) is 38.1 Å². The second-order valence-electron chi connectivity index (χ2n) is 5.57. The Bertz CT molecular complexity index is 945. The number of ether oxygens (including phenoxy) is 1. The maximum Gasteiger partial charge on any atom is 0.234 e. The van der Waals surface area contributed by atoms with E-state index in [1.54, 1.807) is 7.11 Å². The van der Waals surface area contributed by atoms with Gasteiger partial charge in [-0.25, -0.2) is 0 Å². The summed E-state index contributed by atoms with van der Waals surface area (Å²) in [6.45, 7) is 2.72. The molecule has 27 heavy (non-hydrogen) atoms. The van der Waals surface area contributed by atoms with Crippen molar-refractivity contribution in [1.29, 1.82) is 0 Å². The molecule has 0 unspecified atom stereocenters. The van der Waals surface area contributed by atoms with Crippen molar-refractivity contribution in [3.05, 3.63) is 52.1 Å². The van der Waals surface area contributed by atoms with Gasteiger partial charge in [0.1, 0.15) is 5.75 Å². The average molecular weight is 494 g/mol. The molecule has 0 spiro atoms. The molecule has 0 bridgehead atoms. The van der Waals surface area contributed by atoms with Crippen LogP contribution < -0.4 is 10.1 Å². The monoisotopic (exact) mass is 494 g/mol. The fourth-order valence-corrected chi connectivity index (χ4v) is 3.91. The lowest BCUT2D eigenvalue weighted by Crippen LogP contribution is -2.15. The standard InChI is InChI=1S/C19H19IN4O2S/c1-3-24-18(13-8-4-7-11-16(13)26-2)22-23-19(24)27-12-17(25)21-15-10-6-5-9-14(15)20/h4-11H,3,12H2,1-2H3,(H,21,25). The molecule has 140 valence electrons. The lowest BCUT2D eigenvalue weighted by Gasteiger charge is -2.10. The number of aromatic nitrogens is 3. The number of methoxy groups -OCH3 is 1. The summed E-state index contributed by atoms with van der Waals surface area (Å²) in [7, 11) is 1.64. The molecule has 0 atom stereocenters. The van der Waals surface area contributed by atoms with Gasteiger partial charge in [-0.2, -0.15) is 0 Å². The van der Waals surface area contributed by atoms with Gasteiger partial charge in [0, 0.05) is 10.1 Å². The fourth-order valence-electron chi connectivity index (χ4n) is 2.59. The van der Waals surface area contributed by atoms with E-state index < -0.39 is 0 Å². The maximum atomic E-state index is 12.3. The predicted molar refractivity (Wildman–Crippen MR) is 116 cm³/mol. The highest BCUT2D eigenvalue weighted by Crippen LogP contribution is 2.30. The number of halogens is 1. The zero-order valence-electron chi connectivity index (χ0n) is 15.0. The number of nitrogens with zero attached hydrogens (tertiary/aromatic N) is 3. The van der Waals surface area contributed by atoms with Crippen LogP contribution in [0.15, 0.2) is 53.7 Å². The first-order valence-electron chi connectivity index (χ1n) is 8.37. The third-order valence-electron chi connectivity index (χ3n) is 3.86. The zero-order chi connectivity index (χ0) is 19.2. The molecule has 3 aromatic rings. The number of nitrogens with one attached hydrogen (secondary N) is 1. The Balaban J connectivity index is 1.74. The maximum absolute atomic E-state index is 12.3. The smallest absolute Gasteiger partial charge is 0.234 e. The van der Waals surface area contributed by atoms with Crippen LogP contribution in [0.25, 0.3) is 11.4 Å². The van der Waals surface area contributed by atoms with E-state index in [1.165, 1.54) is 11.8 Å². The van der Waals surface area contributed by atoms with Crippen LogP contribution in [-0.2, 0) is 11.3 Å². The SMILES string of the molecule is CCn1c(SCC(=O)Nc2ccccc2I)nnc1-c1ccccc1OC. The van der Waals surface area contributed by atoms with Gasteiger partial charge in [-0.15, -0.1) is 10.2 Å². The van der Waals surface area contributed by atoms with Crippen LogP contribution in [0, 0.1) is 3.57 Å². The third-order valence-corrected chi connectivity index (χ3v) is 5.77. The Hall–Kier alpha value is -2.07. The van der Waals surface area contributed by atoms with E-state index >= 15 is 0 Å². The van der Waals surface area contributed by atoms with Crippen molar-refractivity contribution < 1.29 is 9.53 Å². The van der Waals surface area contributed by atoms with E-state index in [0.717, 1.165) is 26.4 Å². The molecule has 1 aromatic heterocycles. The summed E-state index contributed by atoms with van der Waals surface area (Å²) in [5.74, 6) is 1.66. The van der Waals surface area contributed by atoms with Crippen LogP contribution in [0.2, 0.25) is 0 Å². The first-order valence-corrected chi connectivity index (χ1v) is 10.4. The number of carbonyl (C=O) groups is 1. The van der Waals surface area contributed by atoms with Gasteiger partial charge < -0.3 is 14.6 Å². The summed E-state index contributed by atoms with van der Waals surface area (Å²) in [6.07, 6.45) is 0. The molecule has 0 aliphatic carbocycles. The molecule has 0 saturated heterocycles. The summed E-state index contributed by atoms with van der Waals surface area (Å²) in [5, 5.41) is 12.2. The van der Waals surface area contributed by atoms with E-state index in [4.69, 9.17) is 4.74 Å². The number of hydrogen-bond donors (Lipinski definition) is 1. The van der Waals surface area contributed by atoms with Gasteiger partial charge in [0.05, 0.1) is 24.1 Å². The molecule has 0 fully saturated rings.